The van der Waals surface area contributed by atoms with Crippen LogP contribution in [0.5, 0.6) is 5.75 Å². The summed E-state index contributed by atoms with van der Waals surface area (Å²) in [5, 5.41) is 2.90. The van der Waals surface area contributed by atoms with E-state index >= 15 is 0 Å². The predicted octanol–water partition coefficient (Wildman–Crippen LogP) is 4.55. The summed E-state index contributed by atoms with van der Waals surface area (Å²) in [5.41, 5.74) is 4.46. The fourth-order valence-electron chi connectivity index (χ4n) is 3.32. The minimum absolute atomic E-state index is 0.0101. The molecule has 2 aromatic carbocycles. The molecular weight excluding hydrogens is 336 g/mol. The molecule has 1 aliphatic heterocycles. The van der Waals surface area contributed by atoms with E-state index in [1.165, 1.54) is 37.1 Å². The molecule has 2 aromatic rings. The van der Waals surface area contributed by atoms with E-state index in [0.717, 1.165) is 29.5 Å². The predicted molar refractivity (Wildman–Crippen MR) is 110 cm³/mol. The molecule has 3 rings (SSSR count). The molecule has 0 unspecified atom stereocenters. The fourth-order valence-corrected chi connectivity index (χ4v) is 3.32. The van der Waals surface area contributed by atoms with Crippen LogP contribution in [-0.4, -0.2) is 30.5 Å². The minimum atomic E-state index is -0.147. The van der Waals surface area contributed by atoms with Crippen molar-refractivity contribution in [3.63, 3.8) is 0 Å². The van der Waals surface area contributed by atoms with Crippen molar-refractivity contribution in [2.45, 2.75) is 40.2 Å². The number of carbonyl (C=O) groups excluding carboxylic acids is 1. The molecule has 1 saturated heterocycles. The first kappa shape index (κ1) is 19.4. The number of nitrogens with one attached hydrogen (secondary N) is 1. The maximum Gasteiger partial charge on any atom is 0.262 e. The topological polar surface area (TPSA) is 41.6 Å². The maximum atomic E-state index is 12.1. The number of aryl methyl sites for hydroxylation is 2. The molecule has 1 amide bonds. The van der Waals surface area contributed by atoms with Crippen molar-refractivity contribution in [2.75, 3.05) is 25.0 Å². The lowest BCUT2D eigenvalue weighted by atomic mass is 9.99. The third-order valence-corrected chi connectivity index (χ3v) is 5.37. The third-order valence-electron chi connectivity index (χ3n) is 5.37. The Morgan fingerprint density at radius 2 is 1.78 bits per heavy atom. The van der Waals surface area contributed by atoms with Gasteiger partial charge in [0.2, 0.25) is 0 Å². The van der Waals surface area contributed by atoms with Crippen LogP contribution in [0.1, 0.15) is 36.5 Å². The Bertz CT molecular complexity index is 762. The summed E-state index contributed by atoms with van der Waals surface area (Å²) < 4.78 is 5.59. The maximum absolute atomic E-state index is 12.1. The number of anilines is 1. The number of nitrogens with zero attached hydrogens (tertiary/aromatic N) is 1. The second-order valence-corrected chi connectivity index (χ2v) is 7.74. The Balaban J connectivity index is 1.46. The average Bonchev–Trinajstić information content (AvgIpc) is 2.66. The first-order valence-corrected chi connectivity index (χ1v) is 9.81. The van der Waals surface area contributed by atoms with Crippen LogP contribution in [0, 0.1) is 19.8 Å². The van der Waals surface area contributed by atoms with Crippen molar-refractivity contribution < 1.29 is 9.53 Å². The highest BCUT2D eigenvalue weighted by Gasteiger charge is 2.15. The molecule has 0 spiro atoms. The molecule has 1 N–H and O–H groups in total. The van der Waals surface area contributed by atoms with Gasteiger partial charge in [0.05, 0.1) is 0 Å². The van der Waals surface area contributed by atoms with Crippen molar-refractivity contribution in [2.24, 2.45) is 5.92 Å². The van der Waals surface area contributed by atoms with E-state index in [4.69, 9.17) is 4.74 Å². The quantitative estimate of drug-likeness (QED) is 0.815. The van der Waals surface area contributed by atoms with Crippen molar-refractivity contribution in [3.05, 3.63) is 59.2 Å². The zero-order chi connectivity index (χ0) is 19.2. The van der Waals surface area contributed by atoms with Crippen molar-refractivity contribution in [1.82, 2.24) is 4.90 Å². The monoisotopic (exact) mass is 366 g/mol. The summed E-state index contributed by atoms with van der Waals surface area (Å²) in [6.45, 7) is 9.77. The Morgan fingerprint density at radius 1 is 1.07 bits per heavy atom. The van der Waals surface area contributed by atoms with Gasteiger partial charge in [0.15, 0.2) is 6.61 Å². The van der Waals surface area contributed by atoms with Crippen molar-refractivity contribution in [1.29, 1.82) is 0 Å². The number of ether oxygens (including phenoxy) is 1. The summed E-state index contributed by atoms with van der Waals surface area (Å²) in [5.74, 6) is 1.43. The summed E-state index contributed by atoms with van der Waals surface area (Å²) in [6, 6.07) is 14.0. The highest BCUT2D eigenvalue weighted by atomic mass is 16.5. The van der Waals surface area contributed by atoms with Crippen LogP contribution in [0.2, 0.25) is 0 Å². The van der Waals surface area contributed by atoms with Gasteiger partial charge in [-0.25, -0.2) is 0 Å². The molecule has 4 heteroatoms. The zero-order valence-electron chi connectivity index (χ0n) is 16.6. The number of carbonyl (C=O) groups is 1. The molecule has 0 aromatic heterocycles. The molecule has 4 nitrogen and oxygen atoms in total. The van der Waals surface area contributed by atoms with Crippen LogP contribution in [0.3, 0.4) is 0 Å². The number of benzene rings is 2. The Kier molecular flexibility index (Phi) is 6.51. The second kappa shape index (κ2) is 9.05. The summed E-state index contributed by atoms with van der Waals surface area (Å²) >= 11 is 0. The SMILES string of the molecule is Cc1ccc(OCC(=O)Nc2ccc(CN3CCC(C)CC3)cc2)cc1C. The van der Waals surface area contributed by atoms with Crippen molar-refractivity contribution >= 4 is 11.6 Å². The van der Waals surface area contributed by atoms with Gasteiger partial charge in [-0.15, -0.1) is 0 Å². The molecule has 0 aliphatic carbocycles. The zero-order valence-corrected chi connectivity index (χ0v) is 16.6. The molecular formula is C23H30N2O2. The van der Waals surface area contributed by atoms with Crippen molar-refractivity contribution in [3.8, 4) is 5.75 Å². The van der Waals surface area contributed by atoms with Crippen LogP contribution in [-0.2, 0) is 11.3 Å². The van der Waals surface area contributed by atoms with Gasteiger partial charge in [0.1, 0.15) is 5.75 Å². The van der Waals surface area contributed by atoms with Gasteiger partial charge >= 0.3 is 0 Å². The van der Waals surface area contributed by atoms with E-state index in [1.54, 1.807) is 0 Å². The normalized spacial score (nSPS) is 15.5. The second-order valence-electron chi connectivity index (χ2n) is 7.74. The molecule has 0 radical (unpaired) electrons. The van der Waals surface area contributed by atoms with Crippen LogP contribution in [0.4, 0.5) is 5.69 Å². The number of amides is 1. The lowest BCUT2D eigenvalue weighted by Crippen LogP contribution is -2.32. The van der Waals surface area contributed by atoms with E-state index in [1.807, 2.05) is 37.3 Å². The summed E-state index contributed by atoms with van der Waals surface area (Å²) in [6.07, 6.45) is 2.57. The van der Waals surface area contributed by atoms with Gasteiger partial charge in [-0.3, -0.25) is 9.69 Å². The Morgan fingerprint density at radius 3 is 2.44 bits per heavy atom. The lowest BCUT2D eigenvalue weighted by Gasteiger charge is -2.30. The average molecular weight is 367 g/mol. The summed E-state index contributed by atoms with van der Waals surface area (Å²) in [7, 11) is 0. The van der Waals surface area contributed by atoms with E-state index in [9.17, 15) is 4.79 Å². The van der Waals surface area contributed by atoms with Gasteiger partial charge < -0.3 is 10.1 Å². The van der Waals surface area contributed by atoms with Gasteiger partial charge in [0, 0.05) is 12.2 Å². The van der Waals surface area contributed by atoms with E-state index in [-0.39, 0.29) is 12.5 Å². The standard InChI is InChI=1S/C23H30N2O2/c1-17-10-12-25(13-11-17)15-20-5-7-21(8-6-20)24-23(26)16-27-22-9-4-18(2)19(3)14-22/h4-9,14,17H,10-13,15-16H2,1-3H3,(H,24,26). The highest BCUT2D eigenvalue weighted by molar-refractivity contribution is 5.91. The number of hydrogen-bond acceptors (Lipinski definition) is 3. The van der Waals surface area contributed by atoms with Crippen LogP contribution in [0.15, 0.2) is 42.5 Å². The minimum Gasteiger partial charge on any atom is -0.484 e. The molecule has 0 bridgehead atoms. The molecule has 1 aliphatic rings. The van der Waals surface area contributed by atoms with Gasteiger partial charge in [-0.05, 0) is 86.7 Å². The lowest BCUT2D eigenvalue weighted by molar-refractivity contribution is -0.118. The van der Waals surface area contributed by atoms with Crippen LogP contribution in [0.25, 0.3) is 0 Å². The Labute approximate surface area is 162 Å². The third kappa shape index (κ3) is 5.83. The molecule has 144 valence electrons. The summed E-state index contributed by atoms with van der Waals surface area (Å²) in [4.78, 5) is 14.6. The number of likely N-dealkylation sites (tertiary alicyclic amines) is 1. The van der Waals surface area contributed by atoms with Crippen LogP contribution < -0.4 is 10.1 Å². The first-order chi connectivity index (χ1) is 13.0. The van der Waals surface area contributed by atoms with Gasteiger partial charge in [-0.1, -0.05) is 25.1 Å². The van der Waals surface area contributed by atoms with E-state index in [0.29, 0.717) is 0 Å². The molecule has 1 fully saturated rings. The molecule has 27 heavy (non-hydrogen) atoms. The molecule has 0 atom stereocenters. The number of rotatable bonds is 6. The number of piperidine rings is 1. The van der Waals surface area contributed by atoms with E-state index in [2.05, 4.69) is 36.2 Å². The fraction of sp³-hybridized carbons (Fsp3) is 0.435. The van der Waals surface area contributed by atoms with Gasteiger partial charge in [-0.2, -0.15) is 0 Å². The van der Waals surface area contributed by atoms with Crippen LogP contribution >= 0.6 is 0 Å². The van der Waals surface area contributed by atoms with E-state index < -0.39 is 0 Å². The first-order valence-electron chi connectivity index (χ1n) is 9.81. The Hall–Kier alpha value is -2.33. The number of hydrogen-bond donors (Lipinski definition) is 1. The van der Waals surface area contributed by atoms with Gasteiger partial charge in [0.25, 0.3) is 5.91 Å². The highest BCUT2D eigenvalue weighted by Crippen LogP contribution is 2.19. The largest absolute Gasteiger partial charge is 0.484 e. The molecule has 0 saturated carbocycles. The smallest absolute Gasteiger partial charge is 0.262 e. The molecule has 1 heterocycles.